The lowest BCUT2D eigenvalue weighted by atomic mass is 10.1. The summed E-state index contributed by atoms with van der Waals surface area (Å²) < 4.78 is 1.69. The topological polar surface area (TPSA) is 83.7 Å². The maximum absolute atomic E-state index is 13.0. The number of carbonyl (C=O) groups is 2. The molecular weight excluding hydrogens is 471 g/mol. The molecule has 1 aromatic carbocycles. The van der Waals surface area contributed by atoms with Crippen molar-refractivity contribution in [2.45, 2.75) is 25.4 Å². The molecule has 3 heterocycles. The molecule has 2 aromatic heterocycles. The number of aryl methyl sites for hydroxylation is 2. The zero-order chi connectivity index (χ0) is 23.0. The van der Waals surface area contributed by atoms with E-state index in [2.05, 4.69) is 15.1 Å². The van der Waals surface area contributed by atoms with Crippen LogP contribution in [0.2, 0.25) is 10.0 Å². The van der Waals surface area contributed by atoms with Crippen molar-refractivity contribution in [2.24, 2.45) is 0 Å². The zero-order valence-electron chi connectivity index (χ0n) is 17.9. The maximum atomic E-state index is 13.0. The van der Waals surface area contributed by atoms with E-state index in [0.29, 0.717) is 52.7 Å². The van der Waals surface area contributed by atoms with Gasteiger partial charge in [0.15, 0.2) is 0 Å². The molecule has 3 aromatic rings. The van der Waals surface area contributed by atoms with Crippen LogP contribution in [-0.2, 0) is 11.2 Å². The highest BCUT2D eigenvalue weighted by Crippen LogP contribution is 2.23. The SMILES string of the molecule is CSc1nc2nc(C)c(CC(=O)N3CCN(C(=O)c4ccc(Cl)cc4Cl)CC3)c(C)n2n1. The van der Waals surface area contributed by atoms with Gasteiger partial charge in [-0.15, -0.1) is 5.10 Å². The lowest BCUT2D eigenvalue weighted by Gasteiger charge is -2.35. The minimum absolute atomic E-state index is 0.000760. The number of benzene rings is 1. The van der Waals surface area contributed by atoms with Crippen molar-refractivity contribution in [3.63, 3.8) is 0 Å². The minimum atomic E-state index is -0.157. The summed E-state index contributed by atoms with van der Waals surface area (Å²) in [6, 6.07) is 4.84. The highest BCUT2D eigenvalue weighted by atomic mass is 35.5. The van der Waals surface area contributed by atoms with Gasteiger partial charge in [0, 0.05) is 48.2 Å². The van der Waals surface area contributed by atoms with Crippen molar-refractivity contribution in [1.29, 1.82) is 0 Å². The van der Waals surface area contributed by atoms with Gasteiger partial charge < -0.3 is 9.80 Å². The number of rotatable bonds is 4. The van der Waals surface area contributed by atoms with E-state index in [1.165, 1.54) is 11.8 Å². The summed E-state index contributed by atoms with van der Waals surface area (Å²) in [7, 11) is 0. The summed E-state index contributed by atoms with van der Waals surface area (Å²) >= 11 is 13.6. The monoisotopic (exact) mass is 492 g/mol. The van der Waals surface area contributed by atoms with E-state index in [1.807, 2.05) is 20.1 Å². The van der Waals surface area contributed by atoms with Crippen LogP contribution in [0.25, 0.3) is 5.78 Å². The molecule has 32 heavy (non-hydrogen) atoms. The molecular formula is C21H22Cl2N6O2S. The second-order valence-electron chi connectivity index (χ2n) is 7.55. The Hall–Kier alpha value is -2.36. The number of hydrogen-bond donors (Lipinski definition) is 0. The molecule has 8 nitrogen and oxygen atoms in total. The fraction of sp³-hybridized carbons (Fsp3) is 0.381. The summed E-state index contributed by atoms with van der Waals surface area (Å²) in [5.41, 5.74) is 2.90. The third-order valence-electron chi connectivity index (χ3n) is 5.62. The molecule has 1 saturated heterocycles. The molecule has 1 fully saturated rings. The Morgan fingerprint density at radius 3 is 2.41 bits per heavy atom. The van der Waals surface area contributed by atoms with Crippen molar-refractivity contribution in [3.05, 3.63) is 50.8 Å². The molecule has 0 spiro atoms. The molecule has 4 rings (SSSR count). The first-order valence-electron chi connectivity index (χ1n) is 10.1. The van der Waals surface area contributed by atoms with Gasteiger partial charge in [0.25, 0.3) is 11.7 Å². The lowest BCUT2D eigenvalue weighted by molar-refractivity contribution is -0.131. The van der Waals surface area contributed by atoms with Crippen molar-refractivity contribution in [3.8, 4) is 0 Å². The van der Waals surface area contributed by atoms with Crippen molar-refractivity contribution in [1.82, 2.24) is 29.4 Å². The Kier molecular flexibility index (Phi) is 6.60. The van der Waals surface area contributed by atoms with Gasteiger partial charge in [0.05, 0.1) is 17.0 Å². The predicted octanol–water partition coefficient (Wildman–Crippen LogP) is 3.30. The maximum Gasteiger partial charge on any atom is 0.255 e. The Balaban J connectivity index is 1.43. The van der Waals surface area contributed by atoms with Gasteiger partial charge in [-0.25, -0.2) is 9.50 Å². The first kappa shape index (κ1) is 22.8. The predicted molar refractivity (Wildman–Crippen MR) is 125 cm³/mol. The van der Waals surface area contributed by atoms with Crippen LogP contribution >= 0.6 is 35.0 Å². The van der Waals surface area contributed by atoms with Crippen LogP contribution in [-0.4, -0.2) is 73.6 Å². The number of hydrogen-bond acceptors (Lipinski definition) is 6. The molecule has 0 radical (unpaired) electrons. The summed E-state index contributed by atoms with van der Waals surface area (Å²) in [4.78, 5) is 38.2. The van der Waals surface area contributed by atoms with Crippen LogP contribution in [0.4, 0.5) is 0 Å². The first-order chi connectivity index (χ1) is 15.3. The Morgan fingerprint density at radius 2 is 1.75 bits per heavy atom. The van der Waals surface area contributed by atoms with Gasteiger partial charge in [-0.2, -0.15) is 4.98 Å². The number of halogens is 2. The molecule has 168 valence electrons. The van der Waals surface area contributed by atoms with Crippen LogP contribution < -0.4 is 0 Å². The highest BCUT2D eigenvalue weighted by molar-refractivity contribution is 7.98. The third-order valence-corrected chi connectivity index (χ3v) is 6.71. The van der Waals surface area contributed by atoms with Gasteiger partial charge in [-0.3, -0.25) is 9.59 Å². The van der Waals surface area contributed by atoms with E-state index in [0.717, 1.165) is 17.0 Å². The molecule has 0 aliphatic carbocycles. The second kappa shape index (κ2) is 9.25. The molecule has 0 N–H and O–H groups in total. The number of piperazine rings is 1. The van der Waals surface area contributed by atoms with Crippen molar-refractivity contribution < 1.29 is 9.59 Å². The molecule has 0 atom stereocenters. The van der Waals surface area contributed by atoms with Gasteiger partial charge in [0.2, 0.25) is 11.1 Å². The van der Waals surface area contributed by atoms with Crippen molar-refractivity contribution >= 4 is 52.6 Å². The van der Waals surface area contributed by atoms with Gasteiger partial charge >= 0.3 is 0 Å². The van der Waals surface area contributed by atoms with E-state index in [4.69, 9.17) is 23.2 Å². The van der Waals surface area contributed by atoms with Crippen molar-refractivity contribution in [2.75, 3.05) is 32.4 Å². The smallest absolute Gasteiger partial charge is 0.255 e. The van der Waals surface area contributed by atoms with E-state index >= 15 is 0 Å². The number of nitrogens with zero attached hydrogens (tertiary/aromatic N) is 6. The van der Waals surface area contributed by atoms with E-state index in [-0.39, 0.29) is 18.2 Å². The number of fused-ring (bicyclic) bond motifs is 1. The first-order valence-corrected chi connectivity index (χ1v) is 12.1. The molecule has 0 bridgehead atoms. The summed E-state index contributed by atoms with van der Waals surface area (Å²) in [6.07, 6.45) is 2.14. The Labute approximate surface area is 199 Å². The van der Waals surface area contributed by atoms with E-state index in [9.17, 15) is 9.59 Å². The fourth-order valence-corrected chi connectivity index (χ4v) is 4.61. The summed E-state index contributed by atoms with van der Waals surface area (Å²) in [6.45, 7) is 5.62. The lowest BCUT2D eigenvalue weighted by Crippen LogP contribution is -2.51. The normalized spacial score (nSPS) is 14.3. The van der Waals surface area contributed by atoms with Gasteiger partial charge in [0.1, 0.15) is 0 Å². The highest BCUT2D eigenvalue weighted by Gasteiger charge is 2.27. The second-order valence-corrected chi connectivity index (χ2v) is 9.16. The number of carbonyl (C=O) groups excluding carboxylic acids is 2. The largest absolute Gasteiger partial charge is 0.339 e. The van der Waals surface area contributed by atoms with Gasteiger partial charge in [-0.05, 0) is 38.3 Å². The number of amides is 2. The molecule has 2 amide bonds. The number of thioether (sulfide) groups is 1. The Morgan fingerprint density at radius 1 is 1.06 bits per heavy atom. The molecule has 0 unspecified atom stereocenters. The summed E-state index contributed by atoms with van der Waals surface area (Å²) in [5.74, 6) is 0.378. The van der Waals surface area contributed by atoms with E-state index in [1.54, 1.807) is 32.5 Å². The average Bonchev–Trinajstić information content (AvgIpc) is 3.19. The fourth-order valence-electron chi connectivity index (χ4n) is 3.79. The third kappa shape index (κ3) is 4.42. The average molecular weight is 493 g/mol. The summed E-state index contributed by atoms with van der Waals surface area (Å²) in [5, 5.41) is 5.89. The van der Waals surface area contributed by atoms with Crippen LogP contribution in [0.5, 0.6) is 0 Å². The van der Waals surface area contributed by atoms with Crippen LogP contribution in [0.1, 0.15) is 27.3 Å². The zero-order valence-corrected chi connectivity index (χ0v) is 20.3. The Bertz CT molecular complexity index is 1210. The molecule has 11 heteroatoms. The van der Waals surface area contributed by atoms with Gasteiger partial charge in [-0.1, -0.05) is 35.0 Å². The van der Waals surface area contributed by atoms with E-state index < -0.39 is 0 Å². The molecule has 0 saturated carbocycles. The molecule has 1 aliphatic rings. The molecule has 1 aliphatic heterocycles. The van der Waals surface area contributed by atoms with Crippen LogP contribution in [0, 0.1) is 13.8 Å². The van der Waals surface area contributed by atoms with Crippen LogP contribution in [0.3, 0.4) is 0 Å². The quantitative estimate of drug-likeness (QED) is 0.519. The van der Waals surface area contributed by atoms with Crippen LogP contribution in [0.15, 0.2) is 23.4 Å². The standard InChI is InChI=1S/C21H22Cl2N6O2S/c1-12-16(13(2)29-20(24-12)25-21(26-29)32-3)11-18(30)27-6-8-28(9-7-27)19(31)15-5-4-14(22)10-17(15)23/h4-5,10H,6-9,11H2,1-3H3. The minimum Gasteiger partial charge on any atom is -0.339 e. The number of aromatic nitrogens is 4.